The molecule has 110 valence electrons. The van der Waals surface area contributed by atoms with Crippen LogP contribution in [0, 0.1) is 5.92 Å². The number of rotatable bonds is 4. The first kappa shape index (κ1) is 13.9. The predicted molar refractivity (Wildman–Crippen MR) is 80.2 cm³/mol. The molecule has 0 spiro atoms. The molecule has 1 aliphatic rings. The lowest BCUT2D eigenvalue weighted by Gasteiger charge is -2.32. The maximum atomic E-state index is 5.89. The van der Waals surface area contributed by atoms with E-state index in [4.69, 9.17) is 5.73 Å². The van der Waals surface area contributed by atoms with E-state index in [1.165, 1.54) is 12.8 Å². The molecule has 1 saturated heterocycles. The van der Waals surface area contributed by atoms with Crippen molar-refractivity contribution in [2.75, 3.05) is 18.8 Å². The number of hydrogen-bond donors (Lipinski definition) is 1. The van der Waals surface area contributed by atoms with Gasteiger partial charge < -0.3 is 5.73 Å². The van der Waals surface area contributed by atoms with Gasteiger partial charge in [0.1, 0.15) is 12.1 Å². The molecule has 0 aromatic carbocycles. The van der Waals surface area contributed by atoms with Crippen LogP contribution in [-0.4, -0.2) is 37.9 Å². The lowest BCUT2D eigenvalue weighted by molar-refractivity contribution is 0.166. The van der Waals surface area contributed by atoms with Crippen molar-refractivity contribution < 1.29 is 0 Å². The molecular weight excluding hydrogens is 264 g/mol. The second kappa shape index (κ2) is 6.58. The van der Waals surface area contributed by atoms with E-state index in [0.717, 1.165) is 37.3 Å². The van der Waals surface area contributed by atoms with Crippen LogP contribution in [0.3, 0.4) is 0 Å². The number of piperidine rings is 1. The molecule has 0 aliphatic carbocycles. The molecule has 3 rings (SSSR count). The summed E-state index contributed by atoms with van der Waals surface area (Å²) in [7, 11) is 0. The molecule has 0 bridgehead atoms. The van der Waals surface area contributed by atoms with Gasteiger partial charge in [-0.3, -0.25) is 9.88 Å². The molecule has 21 heavy (non-hydrogen) atoms. The number of nitrogens with two attached hydrogens (primary N) is 1. The van der Waals surface area contributed by atoms with Gasteiger partial charge in [0.05, 0.1) is 5.69 Å². The molecule has 6 heteroatoms. The molecule has 0 saturated carbocycles. The number of nitrogens with zero attached hydrogens (tertiary/aromatic N) is 5. The molecule has 2 aromatic rings. The maximum absolute atomic E-state index is 5.89. The Bertz CT molecular complexity index is 573. The van der Waals surface area contributed by atoms with Crippen molar-refractivity contribution in [2.24, 2.45) is 5.92 Å². The third kappa shape index (κ3) is 3.72. The standard InChI is InChI=1S/C15H20N6/c16-15-14(19-3-4-20-15)6-12-2-1-5-21(9-12)10-13-7-17-11-18-8-13/h3-4,7-8,11-12H,1-2,5-6,9-10H2,(H2,16,20)/t12-/m1/s1. The summed E-state index contributed by atoms with van der Waals surface area (Å²) in [5.74, 6) is 1.15. The van der Waals surface area contributed by atoms with Gasteiger partial charge in [0, 0.05) is 43.4 Å². The van der Waals surface area contributed by atoms with Crippen LogP contribution in [0.1, 0.15) is 24.1 Å². The molecule has 1 fully saturated rings. The van der Waals surface area contributed by atoms with E-state index >= 15 is 0 Å². The van der Waals surface area contributed by atoms with Gasteiger partial charge in [-0.25, -0.2) is 15.0 Å². The minimum atomic E-state index is 0.561. The zero-order valence-electron chi connectivity index (χ0n) is 12.0. The Labute approximate surface area is 124 Å². The van der Waals surface area contributed by atoms with E-state index < -0.39 is 0 Å². The zero-order chi connectivity index (χ0) is 14.5. The topological polar surface area (TPSA) is 80.8 Å². The quantitative estimate of drug-likeness (QED) is 0.911. The summed E-state index contributed by atoms with van der Waals surface area (Å²) >= 11 is 0. The van der Waals surface area contributed by atoms with Gasteiger partial charge in [-0.1, -0.05) is 0 Å². The highest BCUT2D eigenvalue weighted by molar-refractivity contribution is 5.33. The Morgan fingerprint density at radius 1 is 1.19 bits per heavy atom. The molecule has 3 heterocycles. The van der Waals surface area contributed by atoms with E-state index in [9.17, 15) is 0 Å². The van der Waals surface area contributed by atoms with Gasteiger partial charge in [0.25, 0.3) is 0 Å². The number of anilines is 1. The molecule has 0 unspecified atom stereocenters. The molecule has 1 aliphatic heterocycles. The first-order valence-electron chi connectivity index (χ1n) is 7.33. The Morgan fingerprint density at radius 2 is 2.00 bits per heavy atom. The van der Waals surface area contributed by atoms with Crippen molar-refractivity contribution in [2.45, 2.75) is 25.8 Å². The van der Waals surface area contributed by atoms with Gasteiger partial charge in [0.15, 0.2) is 0 Å². The summed E-state index contributed by atoms with van der Waals surface area (Å²) in [4.78, 5) is 19.1. The number of likely N-dealkylation sites (tertiary alicyclic amines) is 1. The fourth-order valence-corrected chi connectivity index (χ4v) is 2.94. The monoisotopic (exact) mass is 284 g/mol. The SMILES string of the molecule is Nc1nccnc1C[C@H]1CCCN(Cc2cncnc2)C1. The summed E-state index contributed by atoms with van der Waals surface area (Å²) in [6, 6.07) is 0. The fourth-order valence-electron chi connectivity index (χ4n) is 2.94. The second-order valence-corrected chi connectivity index (χ2v) is 5.58. The highest BCUT2D eigenvalue weighted by Crippen LogP contribution is 2.22. The van der Waals surface area contributed by atoms with Crippen molar-refractivity contribution >= 4 is 5.82 Å². The summed E-state index contributed by atoms with van der Waals surface area (Å²) in [6.45, 7) is 3.10. The van der Waals surface area contributed by atoms with Crippen LogP contribution in [0.4, 0.5) is 5.82 Å². The number of aromatic nitrogens is 4. The first-order chi connectivity index (χ1) is 10.3. The fraction of sp³-hybridized carbons (Fsp3) is 0.467. The Morgan fingerprint density at radius 3 is 2.81 bits per heavy atom. The van der Waals surface area contributed by atoms with Crippen LogP contribution in [0.2, 0.25) is 0 Å². The van der Waals surface area contributed by atoms with Crippen LogP contribution in [0.15, 0.2) is 31.1 Å². The largest absolute Gasteiger partial charge is 0.382 e. The first-order valence-corrected chi connectivity index (χ1v) is 7.33. The molecule has 1 atom stereocenters. The Hall–Kier alpha value is -2.08. The molecular formula is C15H20N6. The van der Waals surface area contributed by atoms with Crippen molar-refractivity contribution in [3.8, 4) is 0 Å². The van der Waals surface area contributed by atoms with E-state index in [0.29, 0.717) is 11.7 Å². The predicted octanol–water partition coefficient (Wildman–Crippen LogP) is 1.30. The lowest BCUT2D eigenvalue weighted by atomic mass is 9.93. The minimum Gasteiger partial charge on any atom is -0.382 e. The van der Waals surface area contributed by atoms with Gasteiger partial charge in [-0.2, -0.15) is 0 Å². The average molecular weight is 284 g/mol. The Balaban J connectivity index is 1.60. The molecule has 0 amide bonds. The summed E-state index contributed by atoms with van der Waals surface area (Å²) < 4.78 is 0. The van der Waals surface area contributed by atoms with Crippen LogP contribution in [-0.2, 0) is 13.0 Å². The highest BCUT2D eigenvalue weighted by atomic mass is 15.1. The molecule has 2 N–H and O–H groups in total. The molecule has 0 radical (unpaired) electrons. The van der Waals surface area contributed by atoms with Gasteiger partial charge in [0.2, 0.25) is 0 Å². The summed E-state index contributed by atoms with van der Waals surface area (Å²) in [5.41, 5.74) is 7.98. The van der Waals surface area contributed by atoms with E-state index in [-0.39, 0.29) is 0 Å². The van der Waals surface area contributed by atoms with Crippen molar-refractivity contribution in [3.63, 3.8) is 0 Å². The van der Waals surface area contributed by atoms with Crippen molar-refractivity contribution in [3.05, 3.63) is 42.4 Å². The Kier molecular flexibility index (Phi) is 4.35. The number of hydrogen-bond acceptors (Lipinski definition) is 6. The molecule has 2 aromatic heterocycles. The van der Waals surface area contributed by atoms with Gasteiger partial charge in [-0.15, -0.1) is 0 Å². The van der Waals surface area contributed by atoms with Crippen LogP contribution < -0.4 is 5.73 Å². The van der Waals surface area contributed by atoms with Crippen molar-refractivity contribution in [1.82, 2.24) is 24.8 Å². The minimum absolute atomic E-state index is 0.561. The third-order valence-electron chi connectivity index (χ3n) is 3.91. The van der Waals surface area contributed by atoms with Crippen LogP contribution >= 0.6 is 0 Å². The van der Waals surface area contributed by atoms with Crippen molar-refractivity contribution in [1.29, 1.82) is 0 Å². The van der Waals surface area contributed by atoms with Gasteiger partial charge >= 0.3 is 0 Å². The smallest absolute Gasteiger partial charge is 0.145 e. The van der Waals surface area contributed by atoms with E-state index in [1.807, 2.05) is 12.4 Å². The normalized spacial score (nSPS) is 19.5. The highest BCUT2D eigenvalue weighted by Gasteiger charge is 2.21. The lowest BCUT2D eigenvalue weighted by Crippen LogP contribution is -2.36. The zero-order valence-corrected chi connectivity index (χ0v) is 12.0. The van der Waals surface area contributed by atoms with E-state index in [2.05, 4.69) is 24.8 Å². The summed E-state index contributed by atoms with van der Waals surface area (Å²) in [6.07, 6.45) is 12.0. The van der Waals surface area contributed by atoms with Gasteiger partial charge in [-0.05, 0) is 31.7 Å². The maximum Gasteiger partial charge on any atom is 0.145 e. The van der Waals surface area contributed by atoms with Crippen LogP contribution in [0.25, 0.3) is 0 Å². The third-order valence-corrected chi connectivity index (χ3v) is 3.91. The number of nitrogen functional groups attached to an aromatic ring is 1. The average Bonchev–Trinajstić information content (AvgIpc) is 2.51. The second-order valence-electron chi connectivity index (χ2n) is 5.58. The summed E-state index contributed by atoms with van der Waals surface area (Å²) in [5, 5.41) is 0. The van der Waals surface area contributed by atoms with E-state index in [1.54, 1.807) is 18.7 Å². The molecule has 6 nitrogen and oxygen atoms in total. The van der Waals surface area contributed by atoms with Crippen LogP contribution in [0.5, 0.6) is 0 Å².